The smallest absolute Gasteiger partial charge is 0.255 e. The van der Waals surface area contributed by atoms with Crippen LogP contribution in [0.25, 0.3) is 11.2 Å². The fourth-order valence-electron chi connectivity index (χ4n) is 2.82. The number of nitrogens with one attached hydrogen (secondary N) is 2. The van der Waals surface area contributed by atoms with Crippen molar-refractivity contribution in [2.75, 3.05) is 13.2 Å². The van der Waals surface area contributed by atoms with Crippen LogP contribution in [0.5, 0.6) is 11.6 Å². The highest BCUT2D eigenvalue weighted by Crippen LogP contribution is 2.36. The Morgan fingerprint density at radius 2 is 2.23 bits per heavy atom. The summed E-state index contributed by atoms with van der Waals surface area (Å²) in [4.78, 5) is 23.8. The first-order valence-electron chi connectivity index (χ1n) is 7.94. The SMILES string of the molecule is C[C@H]1Oc2cnc3[nH]cc(c3n2)C(=O)NCCOc2ccc(F)c(Cl)c21. The van der Waals surface area contributed by atoms with Gasteiger partial charge in [0.25, 0.3) is 5.91 Å². The number of H-pyrrole nitrogens is 1. The van der Waals surface area contributed by atoms with E-state index >= 15 is 0 Å². The van der Waals surface area contributed by atoms with E-state index in [-0.39, 0.29) is 30.0 Å². The second-order valence-electron chi connectivity index (χ2n) is 5.75. The van der Waals surface area contributed by atoms with Crippen LogP contribution in [0.2, 0.25) is 5.02 Å². The van der Waals surface area contributed by atoms with Gasteiger partial charge in [-0.05, 0) is 19.1 Å². The van der Waals surface area contributed by atoms with Gasteiger partial charge in [0.15, 0.2) is 5.65 Å². The molecule has 3 aromatic rings. The summed E-state index contributed by atoms with van der Waals surface area (Å²) in [6, 6.07) is 2.71. The number of amides is 1. The van der Waals surface area contributed by atoms with E-state index in [9.17, 15) is 9.18 Å². The Morgan fingerprint density at radius 1 is 1.38 bits per heavy atom. The number of ether oxygens (including phenoxy) is 2. The number of hydrogen-bond acceptors (Lipinski definition) is 5. The zero-order valence-corrected chi connectivity index (χ0v) is 14.4. The molecule has 1 aromatic carbocycles. The molecule has 1 amide bonds. The van der Waals surface area contributed by atoms with Crippen molar-refractivity contribution in [2.24, 2.45) is 0 Å². The number of hydrogen-bond donors (Lipinski definition) is 2. The maximum absolute atomic E-state index is 13.9. The summed E-state index contributed by atoms with van der Waals surface area (Å²) >= 11 is 6.14. The molecule has 1 atom stereocenters. The number of nitrogens with zero attached hydrogens (tertiary/aromatic N) is 2. The fourth-order valence-corrected chi connectivity index (χ4v) is 3.13. The van der Waals surface area contributed by atoms with E-state index in [1.165, 1.54) is 24.5 Å². The van der Waals surface area contributed by atoms with Crippen LogP contribution < -0.4 is 14.8 Å². The Labute approximate surface area is 152 Å². The molecular formula is C17H14ClFN4O3. The number of halogens is 2. The van der Waals surface area contributed by atoms with E-state index in [1.54, 1.807) is 6.92 Å². The van der Waals surface area contributed by atoms with Crippen LogP contribution >= 0.6 is 11.6 Å². The van der Waals surface area contributed by atoms with Crippen molar-refractivity contribution in [3.05, 3.63) is 46.5 Å². The van der Waals surface area contributed by atoms with E-state index in [0.29, 0.717) is 28.0 Å². The summed E-state index contributed by atoms with van der Waals surface area (Å²) in [5.41, 5.74) is 1.57. The van der Waals surface area contributed by atoms with Gasteiger partial charge in [-0.2, -0.15) is 0 Å². The summed E-state index contributed by atoms with van der Waals surface area (Å²) in [7, 11) is 0. The van der Waals surface area contributed by atoms with Crippen molar-refractivity contribution in [1.29, 1.82) is 0 Å². The first-order valence-corrected chi connectivity index (χ1v) is 8.32. The number of fused-ring (bicyclic) bond motifs is 2. The Hall–Kier alpha value is -2.87. The molecule has 2 aromatic heterocycles. The quantitative estimate of drug-likeness (QED) is 0.629. The minimum Gasteiger partial charge on any atom is -0.491 e. The van der Waals surface area contributed by atoms with Crippen molar-refractivity contribution in [2.45, 2.75) is 13.0 Å². The summed E-state index contributed by atoms with van der Waals surface area (Å²) in [6.07, 6.45) is 2.31. The third kappa shape index (κ3) is 2.82. The van der Waals surface area contributed by atoms with Crippen molar-refractivity contribution >= 4 is 28.7 Å². The molecule has 7 nitrogen and oxygen atoms in total. The molecule has 1 aliphatic heterocycles. The van der Waals surface area contributed by atoms with Crippen molar-refractivity contribution in [1.82, 2.24) is 20.3 Å². The van der Waals surface area contributed by atoms with Gasteiger partial charge in [0.1, 0.15) is 29.8 Å². The Bertz CT molecular complexity index is 1010. The maximum Gasteiger partial charge on any atom is 0.255 e. The van der Waals surface area contributed by atoms with Crippen LogP contribution in [0.15, 0.2) is 24.5 Å². The third-order valence-electron chi connectivity index (χ3n) is 4.05. The average Bonchev–Trinajstić information content (AvgIpc) is 3.04. The lowest BCUT2D eigenvalue weighted by Crippen LogP contribution is -2.28. The van der Waals surface area contributed by atoms with Gasteiger partial charge in [0.2, 0.25) is 5.88 Å². The topological polar surface area (TPSA) is 89.1 Å². The highest BCUT2D eigenvalue weighted by molar-refractivity contribution is 6.31. The molecule has 2 N–H and O–H groups in total. The van der Waals surface area contributed by atoms with Gasteiger partial charge in [-0.3, -0.25) is 4.79 Å². The van der Waals surface area contributed by atoms with Gasteiger partial charge in [-0.25, -0.2) is 14.4 Å². The number of carbonyl (C=O) groups excluding carboxylic acids is 1. The number of aromatic amines is 1. The predicted octanol–water partition coefficient (Wildman–Crippen LogP) is 3.01. The third-order valence-corrected chi connectivity index (χ3v) is 4.43. The molecule has 2 bridgehead atoms. The number of benzene rings is 1. The normalized spacial score (nSPS) is 17.3. The number of carbonyl (C=O) groups is 1. The lowest BCUT2D eigenvalue weighted by Gasteiger charge is -2.19. The summed E-state index contributed by atoms with van der Waals surface area (Å²) < 4.78 is 25.4. The van der Waals surface area contributed by atoms with Gasteiger partial charge in [-0.15, -0.1) is 0 Å². The second kappa shape index (κ2) is 6.45. The monoisotopic (exact) mass is 376 g/mol. The summed E-state index contributed by atoms with van der Waals surface area (Å²) in [5.74, 6) is -0.316. The minimum absolute atomic E-state index is 0.0784. The maximum atomic E-state index is 13.9. The van der Waals surface area contributed by atoms with E-state index in [1.807, 2.05) is 0 Å². The molecule has 3 heterocycles. The number of rotatable bonds is 0. The van der Waals surface area contributed by atoms with E-state index < -0.39 is 11.9 Å². The molecule has 0 unspecified atom stereocenters. The molecule has 0 fully saturated rings. The molecule has 0 saturated carbocycles. The molecule has 4 rings (SSSR count). The molecule has 9 heteroatoms. The first-order chi connectivity index (χ1) is 12.5. The van der Waals surface area contributed by atoms with E-state index in [0.717, 1.165) is 0 Å². The van der Waals surface area contributed by atoms with Crippen LogP contribution in [-0.4, -0.2) is 34.0 Å². The molecular weight excluding hydrogens is 363 g/mol. The van der Waals surface area contributed by atoms with Gasteiger partial charge in [0.05, 0.1) is 28.9 Å². The van der Waals surface area contributed by atoms with Gasteiger partial charge < -0.3 is 19.8 Å². The van der Waals surface area contributed by atoms with Crippen LogP contribution in [0.1, 0.15) is 28.9 Å². The second-order valence-corrected chi connectivity index (χ2v) is 6.12. The molecule has 0 saturated heterocycles. The van der Waals surface area contributed by atoms with Crippen molar-refractivity contribution in [3.63, 3.8) is 0 Å². The van der Waals surface area contributed by atoms with E-state index in [2.05, 4.69) is 20.3 Å². The molecule has 134 valence electrons. The standard InChI is InChI=1S/C17H14ClFN4O3/c1-8-13-11(3-2-10(19)14(13)18)25-5-4-20-17(24)9-6-21-16-15(9)23-12(26-8)7-22-16/h2-3,6-8H,4-5H2,1H3,(H,20,24)(H,21,22)/t8-/m1/s1. The van der Waals surface area contributed by atoms with Crippen LogP contribution in [0.3, 0.4) is 0 Å². The lowest BCUT2D eigenvalue weighted by atomic mass is 10.1. The molecule has 26 heavy (non-hydrogen) atoms. The van der Waals surface area contributed by atoms with Crippen LogP contribution in [-0.2, 0) is 0 Å². The lowest BCUT2D eigenvalue weighted by molar-refractivity contribution is 0.0948. The Balaban J connectivity index is 1.82. The average molecular weight is 377 g/mol. The molecule has 0 spiro atoms. The van der Waals surface area contributed by atoms with Crippen molar-refractivity contribution in [3.8, 4) is 11.6 Å². The van der Waals surface area contributed by atoms with Gasteiger partial charge >= 0.3 is 0 Å². The van der Waals surface area contributed by atoms with Crippen molar-refractivity contribution < 1.29 is 18.7 Å². The Morgan fingerprint density at radius 3 is 3.08 bits per heavy atom. The highest BCUT2D eigenvalue weighted by Gasteiger charge is 2.23. The van der Waals surface area contributed by atoms with Crippen LogP contribution in [0.4, 0.5) is 4.39 Å². The zero-order valence-electron chi connectivity index (χ0n) is 13.7. The Kier molecular flexibility index (Phi) is 4.12. The minimum atomic E-state index is -0.647. The summed E-state index contributed by atoms with van der Waals surface area (Å²) in [5, 5.41) is 2.67. The van der Waals surface area contributed by atoms with Crippen LogP contribution in [0, 0.1) is 5.82 Å². The molecule has 0 aliphatic carbocycles. The molecule has 1 aliphatic rings. The first kappa shape index (κ1) is 16.6. The summed E-state index contributed by atoms with van der Waals surface area (Å²) in [6.45, 7) is 2.15. The largest absolute Gasteiger partial charge is 0.491 e. The zero-order chi connectivity index (χ0) is 18.3. The fraction of sp³-hybridized carbons (Fsp3) is 0.235. The van der Waals surface area contributed by atoms with Gasteiger partial charge in [0, 0.05) is 6.20 Å². The van der Waals surface area contributed by atoms with Gasteiger partial charge in [-0.1, -0.05) is 11.6 Å². The number of aromatic nitrogens is 3. The van der Waals surface area contributed by atoms with E-state index in [4.69, 9.17) is 21.1 Å². The predicted molar refractivity (Wildman–Crippen MR) is 92.2 cm³/mol. The molecule has 0 radical (unpaired) electrons. The highest BCUT2D eigenvalue weighted by atomic mass is 35.5.